The maximum absolute atomic E-state index is 12.1. The first-order chi connectivity index (χ1) is 7.75. The third kappa shape index (κ3) is 3.27. The number of benzene rings is 1. The zero-order valence-electron chi connectivity index (χ0n) is 9.47. The summed E-state index contributed by atoms with van der Waals surface area (Å²) >= 11 is 3.21. The van der Waals surface area contributed by atoms with Crippen LogP contribution in [0.3, 0.4) is 0 Å². The maximum atomic E-state index is 12.1. The minimum Gasteiger partial charge on any atom is -0.369 e. The van der Waals surface area contributed by atoms with E-state index in [-0.39, 0.29) is 11.4 Å². The molecule has 0 aliphatic heterocycles. The largest absolute Gasteiger partial charge is 0.369 e. The Balaban J connectivity index is 3.21. The van der Waals surface area contributed by atoms with Crippen molar-refractivity contribution in [2.24, 2.45) is 5.73 Å². The molecular formula is C10H13BrN2O3S. The van der Waals surface area contributed by atoms with E-state index >= 15 is 0 Å². The van der Waals surface area contributed by atoms with Gasteiger partial charge in [0.15, 0.2) is 0 Å². The SMILES string of the molecule is Cc1ccc(Br)cc1S(=O)(=O)N(C)CC(N)=O. The predicted molar refractivity (Wildman–Crippen MR) is 67.9 cm³/mol. The van der Waals surface area contributed by atoms with Gasteiger partial charge in [0.05, 0.1) is 11.4 Å². The topological polar surface area (TPSA) is 80.5 Å². The van der Waals surface area contributed by atoms with Crippen LogP contribution in [0.25, 0.3) is 0 Å². The van der Waals surface area contributed by atoms with Crippen molar-refractivity contribution in [3.63, 3.8) is 0 Å². The molecule has 17 heavy (non-hydrogen) atoms. The second kappa shape index (κ2) is 5.16. The molecule has 1 amide bonds. The van der Waals surface area contributed by atoms with Gasteiger partial charge in [0.25, 0.3) is 0 Å². The molecule has 94 valence electrons. The summed E-state index contributed by atoms with van der Waals surface area (Å²) in [6.45, 7) is 1.35. The lowest BCUT2D eigenvalue weighted by molar-refractivity contribution is -0.118. The average molecular weight is 321 g/mol. The maximum Gasteiger partial charge on any atom is 0.243 e. The summed E-state index contributed by atoms with van der Waals surface area (Å²) in [5.41, 5.74) is 5.60. The summed E-state index contributed by atoms with van der Waals surface area (Å²) in [6, 6.07) is 4.94. The number of carbonyl (C=O) groups excluding carboxylic acids is 1. The van der Waals surface area contributed by atoms with Gasteiger partial charge in [-0.25, -0.2) is 8.42 Å². The number of hydrogen-bond acceptors (Lipinski definition) is 3. The van der Waals surface area contributed by atoms with Crippen molar-refractivity contribution >= 4 is 31.9 Å². The smallest absolute Gasteiger partial charge is 0.243 e. The number of amides is 1. The highest BCUT2D eigenvalue weighted by Gasteiger charge is 2.23. The fourth-order valence-electron chi connectivity index (χ4n) is 1.32. The number of halogens is 1. The Kier molecular flexibility index (Phi) is 4.29. The van der Waals surface area contributed by atoms with Crippen molar-refractivity contribution in [2.45, 2.75) is 11.8 Å². The highest BCUT2D eigenvalue weighted by molar-refractivity contribution is 9.10. The summed E-state index contributed by atoms with van der Waals surface area (Å²) in [5, 5.41) is 0. The molecule has 1 aromatic carbocycles. The van der Waals surface area contributed by atoms with Crippen molar-refractivity contribution in [2.75, 3.05) is 13.6 Å². The number of hydrogen-bond donors (Lipinski definition) is 1. The van der Waals surface area contributed by atoms with Crippen LogP contribution in [0.15, 0.2) is 27.6 Å². The molecule has 0 fully saturated rings. The van der Waals surface area contributed by atoms with Gasteiger partial charge >= 0.3 is 0 Å². The second-order valence-corrected chi connectivity index (χ2v) is 6.57. The molecule has 0 bridgehead atoms. The molecule has 2 N–H and O–H groups in total. The minimum absolute atomic E-state index is 0.163. The first-order valence-corrected chi connectivity index (χ1v) is 6.99. The number of nitrogens with two attached hydrogens (primary N) is 1. The van der Waals surface area contributed by atoms with Gasteiger partial charge in [0.2, 0.25) is 15.9 Å². The van der Waals surface area contributed by atoms with Crippen LogP contribution in [0.1, 0.15) is 5.56 Å². The molecule has 0 saturated carbocycles. The van der Waals surface area contributed by atoms with Crippen molar-refractivity contribution in [3.05, 3.63) is 28.2 Å². The van der Waals surface area contributed by atoms with Crippen molar-refractivity contribution < 1.29 is 13.2 Å². The van der Waals surface area contributed by atoms with Crippen LogP contribution in [-0.4, -0.2) is 32.2 Å². The molecule has 7 heteroatoms. The Morgan fingerprint density at radius 3 is 2.59 bits per heavy atom. The van der Waals surface area contributed by atoms with Gasteiger partial charge in [0.1, 0.15) is 0 Å². The molecule has 0 heterocycles. The van der Waals surface area contributed by atoms with Crippen molar-refractivity contribution in [1.29, 1.82) is 0 Å². The van der Waals surface area contributed by atoms with E-state index in [0.717, 1.165) is 4.31 Å². The molecule has 1 aromatic rings. The number of primary amides is 1. The first-order valence-electron chi connectivity index (χ1n) is 4.76. The fraction of sp³-hybridized carbons (Fsp3) is 0.300. The number of aryl methyl sites for hydroxylation is 1. The molecule has 0 aromatic heterocycles. The Morgan fingerprint density at radius 2 is 2.06 bits per heavy atom. The second-order valence-electron chi connectivity index (χ2n) is 3.64. The average Bonchev–Trinajstić information content (AvgIpc) is 2.20. The number of rotatable bonds is 4. The summed E-state index contributed by atoms with van der Waals surface area (Å²) in [4.78, 5) is 10.9. The highest BCUT2D eigenvalue weighted by atomic mass is 79.9. The molecule has 0 atom stereocenters. The van der Waals surface area contributed by atoms with Gasteiger partial charge in [-0.1, -0.05) is 22.0 Å². The number of sulfonamides is 1. The van der Waals surface area contributed by atoms with Gasteiger partial charge in [0, 0.05) is 11.5 Å². The van der Waals surface area contributed by atoms with E-state index in [0.29, 0.717) is 10.0 Å². The summed E-state index contributed by atoms with van der Waals surface area (Å²) in [7, 11) is -2.36. The van der Waals surface area contributed by atoms with Crippen LogP contribution in [0.2, 0.25) is 0 Å². The van der Waals surface area contributed by atoms with Gasteiger partial charge in [-0.05, 0) is 24.6 Å². The third-order valence-electron chi connectivity index (χ3n) is 2.22. The lowest BCUT2D eigenvalue weighted by atomic mass is 10.2. The molecule has 0 aliphatic carbocycles. The zero-order chi connectivity index (χ0) is 13.2. The molecule has 0 aliphatic rings. The fourth-order valence-corrected chi connectivity index (χ4v) is 3.22. The number of carbonyl (C=O) groups is 1. The van der Waals surface area contributed by atoms with Gasteiger partial charge in [-0.2, -0.15) is 4.31 Å². The molecule has 0 radical (unpaired) electrons. The lowest BCUT2D eigenvalue weighted by Crippen LogP contribution is -2.35. The standard InChI is InChI=1S/C10H13BrN2O3S/c1-7-3-4-8(11)5-9(7)17(15,16)13(2)6-10(12)14/h3-5H,6H2,1-2H3,(H2,12,14). The van der Waals surface area contributed by atoms with Crippen molar-refractivity contribution in [3.8, 4) is 0 Å². The molecule has 1 rings (SSSR count). The Labute approximate surface area is 109 Å². The molecule has 0 spiro atoms. The number of nitrogens with zero attached hydrogens (tertiary/aromatic N) is 1. The van der Waals surface area contributed by atoms with E-state index in [4.69, 9.17) is 5.73 Å². The van der Waals surface area contributed by atoms with Gasteiger partial charge < -0.3 is 5.73 Å². The van der Waals surface area contributed by atoms with Gasteiger partial charge in [-0.15, -0.1) is 0 Å². The normalized spacial score (nSPS) is 11.8. The van der Waals surface area contributed by atoms with Crippen LogP contribution >= 0.6 is 15.9 Å². The summed E-state index contributed by atoms with van der Waals surface area (Å²) in [5.74, 6) is -0.691. The van der Waals surface area contributed by atoms with E-state index in [1.807, 2.05) is 0 Å². The van der Waals surface area contributed by atoms with Crippen molar-refractivity contribution in [1.82, 2.24) is 4.31 Å². The Bertz CT molecular complexity index is 542. The Hall–Kier alpha value is -0.920. The van der Waals surface area contributed by atoms with E-state index < -0.39 is 15.9 Å². The van der Waals surface area contributed by atoms with Crippen LogP contribution in [0.5, 0.6) is 0 Å². The molecule has 0 saturated heterocycles. The zero-order valence-corrected chi connectivity index (χ0v) is 11.9. The predicted octanol–water partition coefficient (Wildman–Crippen LogP) is 0.863. The van der Waals surface area contributed by atoms with E-state index in [1.54, 1.807) is 19.1 Å². The molecular weight excluding hydrogens is 308 g/mol. The van der Waals surface area contributed by atoms with E-state index in [9.17, 15) is 13.2 Å². The molecule has 0 unspecified atom stereocenters. The van der Waals surface area contributed by atoms with Crippen LogP contribution in [0, 0.1) is 6.92 Å². The monoisotopic (exact) mass is 320 g/mol. The summed E-state index contributed by atoms with van der Waals surface area (Å²) < 4.78 is 25.9. The van der Waals surface area contributed by atoms with Crippen LogP contribution < -0.4 is 5.73 Å². The van der Waals surface area contributed by atoms with Crippen LogP contribution in [0.4, 0.5) is 0 Å². The molecule has 5 nitrogen and oxygen atoms in total. The van der Waals surface area contributed by atoms with Crippen LogP contribution in [-0.2, 0) is 14.8 Å². The highest BCUT2D eigenvalue weighted by Crippen LogP contribution is 2.22. The minimum atomic E-state index is -3.68. The first kappa shape index (κ1) is 14.1. The van der Waals surface area contributed by atoms with E-state index in [2.05, 4.69) is 15.9 Å². The summed E-state index contributed by atoms with van der Waals surface area (Å²) in [6.07, 6.45) is 0. The quantitative estimate of drug-likeness (QED) is 0.893. The van der Waals surface area contributed by atoms with Gasteiger partial charge in [-0.3, -0.25) is 4.79 Å². The number of likely N-dealkylation sites (N-methyl/N-ethyl adjacent to an activating group) is 1. The lowest BCUT2D eigenvalue weighted by Gasteiger charge is -2.17. The Morgan fingerprint density at radius 1 is 1.47 bits per heavy atom. The third-order valence-corrected chi connectivity index (χ3v) is 4.66. The van der Waals surface area contributed by atoms with E-state index in [1.165, 1.54) is 13.1 Å².